The zero-order chi connectivity index (χ0) is 24.3. The van der Waals surface area contributed by atoms with Crippen molar-refractivity contribution >= 4 is 50.2 Å². The van der Waals surface area contributed by atoms with Gasteiger partial charge in [0.1, 0.15) is 0 Å². The van der Waals surface area contributed by atoms with Gasteiger partial charge in [-0.3, -0.25) is 9.48 Å². The van der Waals surface area contributed by atoms with Gasteiger partial charge in [-0.05, 0) is 43.2 Å². The number of aromatic nitrogens is 5. The van der Waals surface area contributed by atoms with E-state index in [4.69, 9.17) is 4.98 Å². The number of H-pyrrole nitrogens is 1. The summed E-state index contributed by atoms with van der Waals surface area (Å²) in [5.41, 5.74) is 7.24. The van der Waals surface area contributed by atoms with Crippen LogP contribution in [0.2, 0.25) is 0 Å². The number of aryl methyl sites for hydroxylation is 3. The first kappa shape index (κ1) is 21.5. The van der Waals surface area contributed by atoms with Crippen molar-refractivity contribution in [2.24, 2.45) is 7.05 Å². The molecule has 3 aromatic heterocycles. The minimum absolute atomic E-state index is 0.000285. The summed E-state index contributed by atoms with van der Waals surface area (Å²) in [6, 6.07) is 13.7. The molecular weight excluding hydrogens is 506 g/mol. The fourth-order valence-corrected chi connectivity index (χ4v) is 5.05. The molecule has 0 aliphatic carbocycles. The fourth-order valence-electron chi connectivity index (χ4n) is 4.56. The van der Waals surface area contributed by atoms with Crippen LogP contribution in [0.1, 0.15) is 27.2 Å². The van der Waals surface area contributed by atoms with Crippen molar-refractivity contribution in [3.05, 3.63) is 81.7 Å². The number of amides is 1. The summed E-state index contributed by atoms with van der Waals surface area (Å²) in [7, 11) is 1.90. The summed E-state index contributed by atoms with van der Waals surface area (Å²) in [4.78, 5) is 27.7. The topological polar surface area (TPSA) is 91.7 Å². The van der Waals surface area contributed by atoms with Gasteiger partial charge < -0.3 is 15.2 Å². The Balaban J connectivity index is 1.40. The summed E-state index contributed by atoms with van der Waals surface area (Å²) in [5.74, 6) is 1.17. The van der Waals surface area contributed by atoms with E-state index in [1.807, 2.05) is 74.5 Å². The molecule has 0 radical (unpaired) electrons. The third kappa shape index (κ3) is 3.50. The van der Waals surface area contributed by atoms with Crippen LogP contribution >= 0.6 is 15.9 Å². The maximum absolute atomic E-state index is 13.2. The van der Waals surface area contributed by atoms with E-state index < -0.39 is 0 Å². The Labute approximate surface area is 210 Å². The van der Waals surface area contributed by atoms with Crippen molar-refractivity contribution in [2.75, 3.05) is 10.2 Å². The van der Waals surface area contributed by atoms with Crippen LogP contribution in [0.15, 0.2) is 59.3 Å². The Morgan fingerprint density at radius 3 is 2.71 bits per heavy atom. The van der Waals surface area contributed by atoms with E-state index in [0.29, 0.717) is 18.3 Å². The number of anilines is 3. The predicted octanol–water partition coefficient (Wildman–Crippen LogP) is 5.64. The standard InChI is InChI=1S/C26H22BrN7O/c1-14-11-29-26(30-22-10-15(2)33(3)32-22)31-23(14)18-12-28-24-16(18)6-5-9-21(24)34-13-19-17(25(34)35)7-4-8-20(19)27/h4-12,28H,13H2,1-3H3,(H,29,30,31,32). The Morgan fingerprint density at radius 2 is 1.94 bits per heavy atom. The van der Waals surface area contributed by atoms with Gasteiger partial charge in [-0.2, -0.15) is 5.10 Å². The van der Waals surface area contributed by atoms with Crippen molar-refractivity contribution < 1.29 is 4.79 Å². The molecule has 2 N–H and O–H groups in total. The van der Waals surface area contributed by atoms with Crippen molar-refractivity contribution in [1.82, 2.24) is 24.7 Å². The van der Waals surface area contributed by atoms with Gasteiger partial charge in [-0.1, -0.05) is 34.1 Å². The maximum atomic E-state index is 13.2. The van der Waals surface area contributed by atoms with Crippen LogP contribution in [0.5, 0.6) is 0 Å². The number of rotatable bonds is 4. The van der Waals surface area contributed by atoms with Crippen LogP contribution in [0.3, 0.4) is 0 Å². The third-order valence-electron chi connectivity index (χ3n) is 6.48. The van der Waals surface area contributed by atoms with Crippen LogP contribution in [0, 0.1) is 13.8 Å². The summed E-state index contributed by atoms with van der Waals surface area (Å²) in [6.45, 7) is 4.50. The second-order valence-corrected chi connectivity index (χ2v) is 9.56. The summed E-state index contributed by atoms with van der Waals surface area (Å²) in [6.07, 6.45) is 3.75. The lowest BCUT2D eigenvalue weighted by atomic mass is 10.1. The third-order valence-corrected chi connectivity index (χ3v) is 7.22. The number of nitrogens with zero attached hydrogens (tertiary/aromatic N) is 5. The van der Waals surface area contributed by atoms with E-state index in [2.05, 4.69) is 36.3 Å². The number of carbonyl (C=O) groups excluding carboxylic acids is 1. The van der Waals surface area contributed by atoms with Crippen molar-refractivity contribution in [3.8, 4) is 11.3 Å². The fraction of sp³-hybridized carbons (Fsp3) is 0.154. The van der Waals surface area contributed by atoms with Crippen molar-refractivity contribution in [1.29, 1.82) is 0 Å². The van der Waals surface area contributed by atoms with E-state index in [0.717, 1.165) is 54.7 Å². The number of halogens is 1. The smallest absolute Gasteiger partial charge is 0.259 e. The summed E-state index contributed by atoms with van der Waals surface area (Å²) in [5, 5.41) is 8.63. The zero-order valence-corrected chi connectivity index (χ0v) is 21.0. The highest BCUT2D eigenvalue weighted by Crippen LogP contribution is 2.39. The maximum Gasteiger partial charge on any atom is 0.259 e. The first-order chi connectivity index (χ1) is 16.9. The van der Waals surface area contributed by atoms with Crippen LogP contribution in [-0.2, 0) is 13.6 Å². The van der Waals surface area contributed by atoms with Crippen molar-refractivity contribution in [2.45, 2.75) is 20.4 Å². The SMILES string of the molecule is Cc1cnc(Nc2cc(C)n(C)n2)nc1-c1c[nH]c2c(N3Cc4c(Br)cccc4C3=O)cccc12. The van der Waals surface area contributed by atoms with Crippen LogP contribution < -0.4 is 10.2 Å². The van der Waals surface area contributed by atoms with E-state index in [-0.39, 0.29) is 5.91 Å². The van der Waals surface area contributed by atoms with Gasteiger partial charge in [0.2, 0.25) is 5.95 Å². The lowest BCUT2D eigenvalue weighted by Crippen LogP contribution is -2.23. The zero-order valence-electron chi connectivity index (χ0n) is 19.4. The van der Waals surface area contributed by atoms with E-state index >= 15 is 0 Å². The molecule has 0 fully saturated rings. The molecular formula is C26H22BrN7O. The van der Waals surface area contributed by atoms with E-state index in [9.17, 15) is 4.79 Å². The van der Waals surface area contributed by atoms with Gasteiger partial charge in [0.05, 0.1) is 23.4 Å². The molecule has 4 heterocycles. The van der Waals surface area contributed by atoms with Gasteiger partial charge in [0, 0.05) is 52.2 Å². The largest absolute Gasteiger partial charge is 0.359 e. The lowest BCUT2D eigenvalue weighted by Gasteiger charge is -2.17. The van der Waals surface area contributed by atoms with Gasteiger partial charge >= 0.3 is 0 Å². The summed E-state index contributed by atoms with van der Waals surface area (Å²) < 4.78 is 2.75. The molecule has 0 saturated heterocycles. The Bertz CT molecular complexity index is 1620. The number of hydrogen-bond donors (Lipinski definition) is 2. The molecule has 1 aliphatic rings. The predicted molar refractivity (Wildman–Crippen MR) is 140 cm³/mol. The summed E-state index contributed by atoms with van der Waals surface area (Å²) >= 11 is 3.59. The quantitative estimate of drug-likeness (QED) is 0.315. The van der Waals surface area contributed by atoms with Crippen LogP contribution in [-0.4, -0.2) is 30.6 Å². The Hall–Kier alpha value is -3.98. The highest BCUT2D eigenvalue weighted by Gasteiger charge is 2.31. The molecule has 0 unspecified atom stereocenters. The number of carbonyl (C=O) groups is 1. The van der Waals surface area contributed by atoms with Gasteiger partial charge in [0.15, 0.2) is 5.82 Å². The van der Waals surface area contributed by atoms with Crippen molar-refractivity contribution in [3.63, 3.8) is 0 Å². The normalized spacial score (nSPS) is 13.0. The molecule has 1 amide bonds. The number of fused-ring (bicyclic) bond motifs is 2. The van der Waals surface area contributed by atoms with Crippen LogP contribution in [0.25, 0.3) is 22.2 Å². The molecule has 6 rings (SSSR count). The molecule has 1 aliphatic heterocycles. The first-order valence-electron chi connectivity index (χ1n) is 11.2. The molecule has 0 atom stereocenters. The molecule has 9 heteroatoms. The minimum Gasteiger partial charge on any atom is -0.359 e. The highest BCUT2D eigenvalue weighted by atomic mass is 79.9. The average Bonchev–Trinajstić information content (AvgIpc) is 3.51. The molecule has 5 aromatic rings. The number of para-hydroxylation sites is 1. The molecule has 0 bridgehead atoms. The highest BCUT2D eigenvalue weighted by molar-refractivity contribution is 9.10. The monoisotopic (exact) mass is 527 g/mol. The first-order valence-corrected chi connectivity index (χ1v) is 12.0. The minimum atomic E-state index is 0.000285. The second-order valence-electron chi connectivity index (χ2n) is 8.70. The van der Waals surface area contributed by atoms with E-state index in [1.165, 1.54) is 0 Å². The molecule has 8 nitrogen and oxygen atoms in total. The Morgan fingerprint density at radius 1 is 1.11 bits per heavy atom. The van der Waals surface area contributed by atoms with Gasteiger partial charge in [0.25, 0.3) is 5.91 Å². The van der Waals surface area contributed by atoms with Crippen LogP contribution in [0.4, 0.5) is 17.5 Å². The van der Waals surface area contributed by atoms with E-state index in [1.54, 1.807) is 10.9 Å². The molecule has 0 spiro atoms. The van der Waals surface area contributed by atoms with Gasteiger partial charge in [-0.15, -0.1) is 0 Å². The average molecular weight is 528 g/mol. The molecule has 174 valence electrons. The second kappa shape index (κ2) is 8.06. The molecule has 2 aromatic carbocycles. The lowest BCUT2D eigenvalue weighted by molar-refractivity contribution is 0.0997. The molecule has 0 saturated carbocycles. The number of nitrogens with one attached hydrogen (secondary N) is 2. The number of aromatic amines is 1. The Kier molecular flexibility index (Phi) is 4.96. The number of hydrogen-bond acceptors (Lipinski definition) is 5. The number of benzene rings is 2. The molecule has 35 heavy (non-hydrogen) atoms. The van der Waals surface area contributed by atoms with Gasteiger partial charge in [-0.25, -0.2) is 9.97 Å².